The van der Waals surface area contributed by atoms with Gasteiger partial charge in [-0.25, -0.2) is 0 Å². The van der Waals surface area contributed by atoms with Crippen LogP contribution in [-0.4, -0.2) is 41.5 Å². The number of hydrogen-bond donors (Lipinski definition) is 2. The smallest absolute Gasteiger partial charge is 0.305 e. The molecule has 2 N–H and O–H groups in total. The lowest BCUT2D eigenvalue weighted by Crippen LogP contribution is -2.53. The highest BCUT2D eigenvalue weighted by Crippen LogP contribution is 2.25. The number of carboxylic acid groups (broad SMARTS) is 1. The van der Waals surface area contributed by atoms with Crippen molar-refractivity contribution in [3.05, 3.63) is 30.3 Å². The van der Waals surface area contributed by atoms with Crippen LogP contribution in [0.2, 0.25) is 0 Å². The van der Waals surface area contributed by atoms with Crippen LogP contribution < -0.4 is 5.32 Å². The Morgan fingerprint density at radius 3 is 2.52 bits per heavy atom. The van der Waals surface area contributed by atoms with Crippen LogP contribution in [0.4, 0.5) is 0 Å². The summed E-state index contributed by atoms with van der Waals surface area (Å²) in [6, 6.07) is 9.65. The summed E-state index contributed by atoms with van der Waals surface area (Å²) in [4.78, 5) is 24.2. The molecule has 0 unspecified atom stereocenters. The highest BCUT2D eigenvalue weighted by molar-refractivity contribution is 8.00. The van der Waals surface area contributed by atoms with E-state index in [0.29, 0.717) is 26.1 Å². The van der Waals surface area contributed by atoms with Crippen molar-refractivity contribution in [3.8, 4) is 0 Å². The van der Waals surface area contributed by atoms with Gasteiger partial charge in [0.2, 0.25) is 5.91 Å². The fraction of sp³-hybridized carbons (Fsp3) is 0.467. The summed E-state index contributed by atoms with van der Waals surface area (Å²) in [6.07, 6.45) is 1.03. The molecule has 21 heavy (non-hydrogen) atoms. The molecule has 1 heterocycles. The summed E-state index contributed by atoms with van der Waals surface area (Å²) in [7, 11) is 0. The van der Waals surface area contributed by atoms with Crippen molar-refractivity contribution in [1.29, 1.82) is 0 Å². The molecule has 1 saturated heterocycles. The Kier molecular flexibility index (Phi) is 5.64. The molecule has 0 aromatic heterocycles. The molecule has 114 valence electrons. The molecule has 1 aliphatic rings. The van der Waals surface area contributed by atoms with E-state index in [1.165, 1.54) is 11.8 Å². The predicted molar refractivity (Wildman–Crippen MR) is 80.3 cm³/mol. The normalized spacial score (nSPS) is 17.1. The number of rotatable bonds is 6. The molecule has 0 atom stereocenters. The molecule has 1 aromatic carbocycles. The van der Waals surface area contributed by atoms with Gasteiger partial charge in [0, 0.05) is 18.1 Å². The summed E-state index contributed by atoms with van der Waals surface area (Å²) >= 11 is 1.44. The Balaban J connectivity index is 1.90. The average molecular weight is 309 g/mol. The van der Waals surface area contributed by atoms with Crippen molar-refractivity contribution in [2.24, 2.45) is 0 Å². The number of nitrogens with one attached hydrogen (secondary N) is 1. The number of carboxylic acids is 1. The molecule has 5 nitrogen and oxygen atoms in total. The number of benzene rings is 1. The first kappa shape index (κ1) is 15.9. The highest BCUT2D eigenvalue weighted by Gasteiger charge is 2.36. The van der Waals surface area contributed by atoms with Crippen molar-refractivity contribution >= 4 is 23.6 Å². The molecule has 0 bridgehead atoms. The lowest BCUT2D eigenvalue weighted by molar-refractivity contribution is -0.140. The number of aliphatic carboxylic acids is 1. The van der Waals surface area contributed by atoms with E-state index in [-0.39, 0.29) is 18.1 Å². The van der Waals surface area contributed by atoms with Gasteiger partial charge in [-0.05, 0) is 25.0 Å². The molecular weight excluding hydrogens is 290 g/mol. The number of hydrogen-bond acceptors (Lipinski definition) is 4. The Morgan fingerprint density at radius 1 is 1.24 bits per heavy atom. The molecule has 2 rings (SSSR count). The maximum absolute atomic E-state index is 12.1. The molecule has 1 fully saturated rings. The standard InChI is InChI=1S/C15H19NO4S/c17-13(11-21-12-4-2-1-3-5-12)16-15(10-14(18)19)6-8-20-9-7-15/h1-5H,6-11H2,(H,16,17)(H,18,19). The molecule has 1 aromatic rings. The Hall–Kier alpha value is -1.53. The van der Waals surface area contributed by atoms with E-state index in [2.05, 4.69) is 5.32 Å². The van der Waals surface area contributed by atoms with Gasteiger partial charge >= 0.3 is 5.97 Å². The largest absolute Gasteiger partial charge is 0.481 e. The van der Waals surface area contributed by atoms with Crippen molar-refractivity contribution in [1.82, 2.24) is 5.32 Å². The minimum absolute atomic E-state index is 0.0574. The van der Waals surface area contributed by atoms with Crippen molar-refractivity contribution in [2.45, 2.75) is 29.7 Å². The number of carbonyl (C=O) groups is 2. The lowest BCUT2D eigenvalue weighted by atomic mass is 9.86. The molecule has 6 heteroatoms. The van der Waals surface area contributed by atoms with Gasteiger partial charge in [0.15, 0.2) is 0 Å². The predicted octanol–water partition coefficient (Wildman–Crippen LogP) is 1.92. The summed E-state index contributed by atoms with van der Waals surface area (Å²) in [6.45, 7) is 0.971. The van der Waals surface area contributed by atoms with Gasteiger partial charge in [-0.15, -0.1) is 11.8 Å². The summed E-state index contributed by atoms with van der Waals surface area (Å²) in [5, 5.41) is 12.0. The van der Waals surface area contributed by atoms with Gasteiger partial charge in [0.25, 0.3) is 0 Å². The summed E-state index contributed by atoms with van der Waals surface area (Å²) in [5.41, 5.74) is -0.668. The minimum atomic E-state index is -0.895. The maximum atomic E-state index is 12.1. The van der Waals surface area contributed by atoms with Crippen LogP contribution in [0, 0.1) is 0 Å². The Bertz CT molecular complexity index is 486. The minimum Gasteiger partial charge on any atom is -0.481 e. The van der Waals surface area contributed by atoms with E-state index in [1.54, 1.807) is 0 Å². The second-order valence-corrected chi connectivity index (χ2v) is 6.16. The second kappa shape index (κ2) is 7.47. The first-order valence-corrected chi connectivity index (χ1v) is 7.87. The van der Waals surface area contributed by atoms with Gasteiger partial charge in [0.1, 0.15) is 0 Å². The van der Waals surface area contributed by atoms with E-state index >= 15 is 0 Å². The van der Waals surface area contributed by atoms with Crippen LogP contribution in [0.3, 0.4) is 0 Å². The summed E-state index contributed by atoms with van der Waals surface area (Å²) in [5.74, 6) is -0.744. The Labute approximate surface area is 128 Å². The fourth-order valence-electron chi connectivity index (χ4n) is 2.40. The van der Waals surface area contributed by atoms with Crippen molar-refractivity contribution in [2.75, 3.05) is 19.0 Å². The van der Waals surface area contributed by atoms with E-state index in [1.807, 2.05) is 30.3 Å². The third kappa shape index (κ3) is 5.06. The van der Waals surface area contributed by atoms with E-state index in [9.17, 15) is 9.59 Å². The summed E-state index contributed by atoms with van der Waals surface area (Å²) < 4.78 is 5.27. The SMILES string of the molecule is O=C(O)CC1(NC(=O)CSc2ccccc2)CCOCC1. The van der Waals surface area contributed by atoms with Crippen LogP contribution in [0.25, 0.3) is 0 Å². The van der Waals surface area contributed by atoms with E-state index in [0.717, 1.165) is 4.90 Å². The lowest BCUT2D eigenvalue weighted by Gasteiger charge is -2.36. The maximum Gasteiger partial charge on any atom is 0.305 e. The van der Waals surface area contributed by atoms with Gasteiger partial charge < -0.3 is 15.2 Å². The first-order chi connectivity index (χ1) is 10.1. The molecular formula is C15H19NO4S. The third-order valence-electron chi connectivity index (χ3n) is 3.46. The average Bonchev–Trinajstić information content (AvgIpc) is 2.46. The topological polar surface area (TPSA) is 75.6 Å². The van der Waals surface area contributed by atoms with Crippen LogP contribution >= 0.6 is 11.8 Å². The molecule has 1 aliphatic heterocycles. The number of ether oxygens (including phenoxy) is 1. The molecule has 0 saturated carbocycles. The van der Waals surface area contributed by atoms with Gasteiger partial charge in [0.05, 0.1) is 17.7 Å². The quantitative estimate of drug-likeness (QED) is 0.785. The second-order valence-electron chi connectivity index (χ2n) is 5.11. The van der Waals surface area contributed by atoms with Gasteiger partial charge in [-0.1, -0.05) is 18.2 Å². The monoisotopic (exact) mass is 309 g/mol. The van der Waals surface area contributed by atoms with Crippen LogP contribution in [0.5, 0.6) is 0 Å². The zero-order valence-corrected chi connectivity index (χ0v) is 12.5. The van der Waals surface area contributed by atoms with Gasteiger partial charge in [-0.3, -0.25) is 9.59 Å². The first-order valence-electron chi connectivity index (χ1n) is 6.88. The molecule has 1 amide bonds. The van der Waals surface area contributed by atoms with Crippen molar-refractivity contribution in [3.63, 3.8) is 0 Å². The van der Waals surface area contributed by atoms with Crippen molar-refractivity contribution < 1.29 is 19.4 Å². The Morgan fingerprint density at radius 2 is 1.90 bits per heavy atom. The zero-order valence-electron chi connectivity index (χ0n) is 11.7. The van der Waals surface area contributed by atoms with E-state index in [4.69, 9.17) is 9.84 Å². The van der Waals surface area contributed by atoms with Crippen LogP contribution in [-0.2, 0) is 14.3 Å². The molecule has 0 spiro atoms. The van der Waals surface area contributed by atoms with Crippen LogP contribution in [0.1, 0.15) is 19.3 Å². The van der Waals surface area contributed by atoms with E-state index < -0.39 is 11.5 Å². The number of thioether (sulfide) groups is 1. The zero-order chi connectivity index (χ0) is 15.1. The number of amides is 1. The molecule has 0 aliphatic carbocycles. The number of carbonyl (C=O) groups excluding carboxylic acids is 1. The third-order valence-corrected chi connectivity index (χ3v) is 4.47. The fourth-order valence-corrected chi connectivity index (χ4v) is 3.11. The van der Waals surface area contributed by atoms with Gasteiger partial charge in [-0.2, -0.15) is 0 Å². The highest BCUT2D eigenvalue weighted by atomic mass is 32.2. The molecule has 0 radical (unpaired) electrons. The van der Waals surface area contributed by atoms with Crippen LogP contribution in [0.15, 0.2) is 35.2 Å².